The summed E-state index contributed by atoms with van der Waals surface area (Å²) in [5.41, 5.74) is 2.68. The van der Waals surface area contributed by atoms with Gasteiger partial charge in [0.05, 0.1) is 0 Å². The zero-order valence-electron chi connectivity index (χ0n) is 13.3. The van der Waals surface area contributed by atoms with Crippen LogP contribution in [0.3, 0.4) is 0 Å². The van der Waals surface area contributed by atoms with Gasteiger partial charge in [-0.1, -0.05) is 30.3 Å². The first-order valence-corrected chi connectivity index (χ1v) is 7.82. The fourth-order valence-corrected chi connectivity index (χ4v) is 3.14. The highest BCUT2D eigenvalue weighted by Gasteiger charge is 2.29. The van der Waals surface area contributed by atoms with E-state index in [1.54, 1.807) is 37.3 Å². The number of hydrogen-bond donors (Lipinski definition) is 3. The van der Waals surface area contributed by atoms with Crippen LogP contribution in [0.15, 0.2) is 30.3 Å². The third-order valence-electron chi connectivity index (χ3n) is 4.32. The molecule has 0 unspecified atom stereocenters. The van der Waals surface area contributed by atoms with E-state index in [2.05, 4.69) is 10.3 Å². The molecule has 0 saturated carbocycles. The molecule has 0 saturated heterocycles. The lowest BCUT2D eigenvalue weighted by Gasteiger charge is -2.14. The average Bonchev–Trinajstić information content (AvgIpc) is 2.91. The van der Waals surface area contributed by atoms with E-state index in [9.17, 15) is 19.5 Å². The van der Waals surface area contributed by atoms with Crippen LogP contribution >= 0.6 is 0 Å². The first-order valence-electron chi connectivity index (χ1n) is 7.82. The molecule has 1 aromatic carbocycles. The monoisotopic (exact) mass is 326 g/mol. The van der Waals surface area contributed by atoms with Gasteiger partial charge in [-0.05, 0) is 30.9 Å². The van der Waals surface area contributed by atoms with Gasteiger partial charge in [0.2, 0.25) is 0 Å². The second-order valence-corrected chi connectivity index (χ2v) is 5.91. The Balaban J connectivity index is 1.89. The molecule has 2 aromatic rings. The maximum Gasteiger partial charge on any atom is 0.330 e. The van der Waals surface area contributed by atoms with E-state index in [0.717, 1.165) is 18.5 Å². The van der Waals surface area contributed by atoms with E-state index in [-0.39, 0.29) is 11.5 Å². The Morgan fingerprint density at radius 2 is 1.92 bits per heavy atom. The van der Waals surface area contributed by atoms with Crippen molar-refractivity contribution in [1.82, 2.24) is 10.3 Å². The number of amides is 1. The number of fused-ring (bicyclic) bond motifs is 1. The van der Waals surface area contributed by atoms with Crippen LogP contribution in [-0.4, -0.2) is 27.8 Å². The summed E-state index contributed by atoms with van der Waals surface area (Å²) >= 11 is 0. The predicted octanol–water partition coefficient (Wildman–Crippen LogP) is 2.40. The Labute approximate surface area is 138 Å². The number of aliphatic carboxylic acids is 1. The van der Waals surface area contributed by atoms with Crippen LogP contribution in [0.1, 0.15) is 56.6 Å². The molecule has 124 valence electrons. The van der Waals surface area contributed by atoms with Gasteiger partial charge in [-0.25, -0.2) is 4.79 Å². The van der Waals surface area contributed by atoms with Crippen molar-refractivity contribution in [3.63, 3.8) is 0 Å². The van der Waals surface area contributed by atoms with Gasteiger partial charge in [0, 0.05) is 17.7 Å². The maximum atomic E-state index is 12.6. The van der Waals surface area contributed by atoms with Gasteiger partial charge in [0.15, 0.2) is 11.8 Å². The fourth-order valence-electron chi connectivity index (χ4n) is 3.14. The quantitative estimate of drug-likeness (QED) is 0.803. The maximum absolute atomic E-state index is 12.6. The van der Waals surface area contributed by atoms with E-state index < -0.39 is 17.9 Å². The van der Waals surface area contributed by atoms with Gasteiger partial charge in [-0.2, -0.15) is 0 Å². The smallest absolute Gasteiger partial charge is 0.330 e. The van der Waals surface area contributed by atoms with Gasteiger partial charge in [0.25, 0.3) is 5.91 Å². The molecule has 1 aliphatic carbocycles. The van der Waals surface area contributed by atoms with E-state index in [1.807, 2.05) is 0 Å². The highest BCUT2D eigenvalue weighted by molar-refractivity contribution is 6.04. The topological polar surface area (TPSA) is 99.3 Å². The molecule has 1 aliphatic rings. The Bertz CT molecular complexity index is 808. The summed E-state index contributed by atoms with van der Waals surface area (Å²) in [6, 6.07) is 7.36. The highest BCUT2D eigenvalue weighted by Crippen LogP contribution is 2.27. The number of carbonyl (C=O) groups excluding carboxylic acids is 2. The Morgan fingerprint density at radius 3 is 2.54 bits per heavy atom. The number of aryl methyl sites for hydroxylation is 1. The van der Waals surface area contributed by atoms with Gasteiger partial charge < -0.3 is 15.4 Å². The Hall–Kier alpha value is -2.89. The van der Waals surface area contributed by atoms with Crippen molar-refractivity contribution in [2.45, 2.75) is 32.2 Å². The molecular weight excluding hydrogens is 308 g/mol. The summed E-state index contributed by atoms with van der Waals surface area (Å²) in [5.74, 6) is -1.63. The van der Waals surface area contributed by atoms with Crippen molar-refractivity contribution in [2.75, 3.05) is 0 Å². The molecule has 1 heterocycles. The number of ketones is 1. The van der Waals surface area contributed by atoms with Crippen LogP contribution in [-0.2, 0) is 11.2 Å². The summed E-state index contributed by atoms with van der Waals surface area (Å²) < 4.78 is 0. The SMILES string of the molecule is Cc1c(C(=O)N[C@@H](C(=O)O)c2ccccc2)[nH]c2c1C(=O)CCC2. The lowest BCUT2D eigenvalue weighted by molar-refractivity contribution is -0.139. The Morgan fingerprint density at radius 1 is 1.21 bits per heavy atom. The normalized spacial score (nSPS) is 14.8. The minimum absolute atomic E-state index is 0.0295. The minimum atomic E-state index is -1.14. The number of carboxylic acids is 1. The predicted molar refractivity (Wildman–Crippen MR) is 87.1 cm³/mol. The number of H-pyrrole nitrogens is 1. The van der Waals surface area contributed by atoms with Crippen molar-refractivity contribution in [3.8, 4) is 0 Å². The fraction of sp³-hybridized carbons (Fsp3) is 0.278. The van der Waals surface area contributed by atoms with Crippen LogP contribution in [0.2, 0.25) is 0 Å². The molecule has 1 atom stereocenters. The number of Topliss-reactive ketones (excluding diaryl/α,β-unsaturated/α-hetero) is 1. The van der Waals surface area contributed by atoms with Crippen LogP contribution < -0.4 is 5.32 Å². The van der Waals surface area contributed by atoms with E-state index in [0.29, 0.717) is 23.1 Å². The summed E-state index contributed by atoms with van der Waals surface area (Å²) in [5, 5.41) is 11.9. The third kappa shape index (κ3) is 2.82. The standard InChI is InChI=1S/C18H18N2O4/c1-10-14-12(8-5-9-13(14)21)19-15(10)17(22)20-16(18(23)24)11-6-3-2-4-7-11/h2-4,6-7,16,19H,5,8-9H2,1H3,(H,20,22)(H,23,24)/t16-/m1/s1. The van der Waals surface area contributed by atoms with E-state index in [4.69, 9.17) is 0 Å². The number of carboxylic acid groups (broad SMARTS) is 1. The molecular formula is C18H18N2O4. The number of aromatic amines is 1. The van der Waals surface area contributed by atoms with Crippen molar-refractivity contribution >= 4 is 17.7 Å². The van der Waals surface area contributed by atoms with Crippen molar-refractivity contribution in [2.24, 2.45) is 0 Å². The first-order chi connectivity index (χ1) is 11.5. The molecule has 0 bridgehead atoms. The average molecular weight is 326 g/mol. The Kier molecular flexibility index (Phi) is 4.20. The number of nitrogens with one attached hydrogen (secondary N) is 2. The lowest BCUT2D eigenvalue weighted by atomic mass is 9.94. The van der Waals surface area contributed by atoms with E-state index in [1.165, 1.54) is 0 Å². The number of benzene rings is 1. The van der Waals surface area contributed by atoms with Gasteiger partial charge in [-0.3, -0.25) is 9.59 Å². The van der Waals surface area contributed by atoms with Crippen LogP contribution in [0.4, 0.5) is 0 Å². The minimum Gasteiger partial charge on any atom is -0.479 e. The molecule has 3 rings (SSSR count). The summed E-state index contributed by atoms with van der Waals surface area (Å²) in [4.78, 5) is 39.1. The van der Waals surface area contributed by atoms with Crippen LogP contribution in [0.25, 0.3) is 0 Å². The summed E-state index contributed by atoms with van der Waals surface area (Å²) in [7, 11) is 0. The molecule has 0 fully saturated rings. The van der Waals surface area contributed by atoms with Gasteiger partial charge in [-0.15, -0.1) is 0 Å². The molecule has 0 spiro atoms. The number of carbonyl (C=O) groups is 3. The zero-order chi connectivity index (χ0) is 17.3. The molecule has 0 aliphatic heterocycles. The summed E-state index contributed by atoms with van der Waals surface area (Å²) in [6.45, 7) is 1.71. The molecule has 6 nitrogen and oxygen atoms in total. The van der Waals surface area contributed by atoms with Crippen LogP contribution in [0.5, 0.6) is 0 Å². The van der Waals surface area contributed by atoms with Gasteiger partial charge >= 0.3 is 5.97 Å². The van der Waals surface area contributed by atoms with Crippen LogP contribution in [0, 0.1) is 6.92 Å². The highest BCUT2D eigenvalue weighted by atomic mass is 16.4. The van der Waals surface area contributed by atoms with E-state index >= 15 is 0 Å². The zero-order valence-corrected chi connectivity index (χ0v) is 13.3. The third-order valence-corrected chi connectivity index (χ3v) is 4.32. The van der Waals surface area contributed by atoms with Crippen molar-refractivity contribution in [3.05, 3.63) is 58.4 Å². The van der Waals surface area contributed by atoms with Crippen molar-refractivity contribution in [1.29, 1.82) is 0 Å². The largest absolute Gasteiger partial charge is 0.479 e. The lowest BCUT2D eigenvalue weighted by Crippen LogP contribution is -2.34. The molecule has 1 aromatic heterocycles. The molecule has 1 amide bonds. The number of aromatic nitrogens is 1. The second kappa shape index (κ2) is 6.31. The first kappa shape index (κ1) is 16.0. The number of hydrogen-bond acceptors (Lipinski definition) is 3. The summed E-state index contributed by atoms with van der Waals surface area (Å²) in [6.07, 6.45) is 1.96. The molecule has 0 radical (unpaired) electrons. The molecule has 24 heavy (non-hydrogen) atoms. The van der Waals surface area contributed by atoms with Crippen molar-refractivity contribution < 1.29 is 19.5 Å². The molecule has 6 heteroatoms. The van der Waals surface area contributed by atoms with Gasteiger partial charge in [0.1, 0.15) is 5.69 Å². The second-order valence-electron chi connectivity index (χ2n) is 5.91. The number of rotatable bonds is 4. The molecule has 3 N–H and O–H groups in total.